The van der Waals surface area contributed by atoms with E-state index in [1.54, 1.807) is 30.5 Å². The van der Waals surface area contributed by atoms with Crippen molar-refractivity contribution >= 4 is 40.6 Å². The van der Waals surface area contributed by atoms with E-state index >= 15 is 0 Å². The van der Waals surface area contributed by atoms with Crippen LogP contribution in [0.3, 0.4) is 0 Å². The average molecular weight is 444 g/mol. The Hall–Kier alpha value is -3.01. The quantitative estimate of drug-likeness (QED) is 0.563. The molecule has 6 nitrogen and oxygen atoms in total. The van der Waals surface area contributed by atoms with Crippen molar-refractivity contribution in [2.45, 2.75) is 26.5 Å². The Morgan fingerprint density at radius 1 is 1.23 bits per heavy atom. The second kappa shape index (κ2) is 9.21. The molecule has 2 heterocycles. The Bertz CT molecular complexity index is 1150. The van der Waals surface area contributed by atoms with Gasteiger partial charge in [0.25, 0.3) is 5.91 Å². The molecule has 154 valence electrons. The Balaban J connectivity index is 1.73. The Kier molecular flexibility index (Phi) is 6.66. The fraction of sp³-hybridized carbons (Fsp3) is 0.227. The second-order valence-electron chi connectivity index (χ2n) is 7.06. The number of hydrogen-bond donors (Lipinski definition) is 1. The lowest BCUT2D eigenvalue weighted by Crippen LogP contribution is -2.45. The highest BCUT2D eigenvalue weighted by Crippen LogP contribution is 2.22. The molecule has 1 atom stereocenters. The number of nitrogens with one attached hydrogen (secondary N) is 1. The van der Waals surface area contributed by atoms with E-state index < -0.39 is 17.9 Å². The largest absolute Gasteiger partial charge is 0.459 e. The first-order chi connectivity index (χ1) is 14.3. The summed E-state index contributed by atoms with van der Waals surface area (Å²) >= 11 is 12.0. The maximum absolute atomic E-state index is 12.7. The molecule has 30 heavy (non-hydrogen) atoms. The predicted octanol–water partition coefficient (Wildman–Crippen LogP) is 4.62. The van der Waals surface area contributed by atoms with E-state index in [-0.39, 0.29) is 23.1 Å². The van der Waals surface area contributed by atoms with Crippen molar-refractivity contribution in [3.05, 3.63) is 75.5 Å². The number of rotatable bonds is 6. The highest BCUT2D eigenvalue weighted by molar-refractivity contribution is 6.36. The summed E-state index contributed by atoms with van der Waals surface area (Å²) in [6, 6.07) is 11.3. The number of halogens is 2. The number of nitriles is 1. The number of carbonyl (C=O) groups excluding carboxylic acids is 2. The molecule has 3 aromatic rings. The van der Waals surface area contributed by atoms with Crippen molar-refractivity contribution in [3.63, 3.8) is 0 Å². The van der Waals surface area contributed by atoms with Crippen LogP contribution < -0.4 is 5.32 Å². The van der Waals surface area contributed by atoms with Crippen molar-refractivity contribution in [1.29, 1.82) is 5.26 Å². The third-order valence-electron chi connectivity index (χ3n) is 4.63. The van der Waals surface area contributed by atoms with Gasteiger partial charge in [0.2, 0.25) is 0 Å². The van der Waals surface area contributed by atoms with Gasteiger partial charge in [-0.2, -0.15) is 5.26 Å². The maximum atomic E-state index is 12.7. The molecule has 1 amide bonds. The summed E-state index contributed by atoms with van der Waals surface area (Å²) in [4.78, 5) is 25.3. The SMILES string of the molecule is CC(C)[C@H](NC(=O)c1ccc(Cl)cc1Cl)C(=O)OCc1cn2ccccc2c1C#N. The number of pyridine rings is 1. The minimum Gasteiger partial charge on any atom is -0.459 e. The summed E-state index contributed by atoms with van der Waals surface area (Å²) < 4.78 is 7.24. The predicted molar refractivity (Wildman–Crippen MR) is 114 cm³/mol. The summed E-state index contributed by atoms with van der Waals surface area (Å²) in [5, 5.41) is 12.7. The molecule has 0 aliphatic carbocycles. The molecule has 1 N–H and O–H groups in total. The lowest BCUT2D eigenvalue weighted by molar-refractivity contribution is -0.148. The first-order valence-electron chi connectivity index (χ1n) is 9.23. The number of esters is 1. The second-order valence-corrected chi connectivity index (χ2v) is 7.90. The lowest BCUT2D eigenvalue weighted by atomic mass is 10.0. The smallest absolute Gasteiger partial charge is 0.329 e. The molecule has 0 saturated carbocycles. The van der Waals surface area contributed by atoms with Gasteiger partial charge in [-0.3, -0.25) is 4.79 Å². The summed E-state index contributed by atoms with van der Waals surface area (Å²) in [6.45, 7) is 3.51. The molecule has 1 aromatic carbocycles. The molecule has 0 aliphatic heterocycles. The molecule has 0 aliphatic rings. The number of ether oxygens (including phenoxy) is 1. The normalized spacial score (nSPS) is 11.9. The Morgan fingerprint density at radius 2 is 2.00 bits per heavy atom. The van der Waals surface area contributed by atoms with Gasteiger partial charge in [-0.1, -0.05) is 43.1 Å². The molecule has 2 aromatic heterocycles. The van der Waals surface area contributed by atoms with Crippen LogP contribution in [0.2, 0.25) is 10.0 Å². The zero-order chi connectivity index (χ0) is 21.8. The minimum absolute atomic E-state index is 0.0792. The number of hydrogen-bond acceptors (Lipinski definition) is 4. The van der Waals surface area contributed by atoms with Gasteiger partial charge in [0.05, 0.1) is 21.7 Å². The van der Waals surface area contributed by atoms with Crippen LogP contribution in [0.15, 0.2) is 48.8 Å². The first kappa shape index (κ1) is 21.7. The van der Waals surface area contributed by atoms with E-state index in [1.807, 2.05) is 24.4 Å². The molecule has 0 spiro atoms. The molecule has 0 saturated heterocycles. The molecule has 0 bridgehead atoms. The Morgan fingerprint density at radius 3 is 2.67 bits per heavy atom. The van der Waals surface area contributed by atoms with Gasteiger partial charge < -0.3 is 14.5 Å². The standard InChI is InChI=1S/C22H19Cl2N3O3/c1-13(2)20(26-21(28)16-7-6-15(23)9-18(16)24)22(29)30-12-14-11-27-8-4-3-5-19(27)17(14)10-25/h3-9,11,13,20H,12H2,1-2H3,(H,26,28)/t20-/m0/s1. The number of amides is 1. The van der Waals surface area contributed by atoms with E-state index in [0.717, 1.165) is 5.52 Å². The van der Waals surface area contributed by atoms with E-state index in [9.17, 15) is 14.9 Å². The van der Waals surface area contributed by atoms with E-state index in [1.165, 1.54) is 12.1 Å². The van der Waals surface area contributed by atoms with Crippen molar-refractivity contribution in [2.24, 2.45) is 5.92 Å². The van der Waals surface area contributed by atoms with E-state index in [4.69, 9.17) is 27.9 Å². The zero-order valence-electron chi connectivity index (χ0n) is 16.4. The minimum atomic E-state index is -0.883. The van der Waals surface area contributed by atoms with Crippen molar-refractivity contribution in [2.75, 3.05) is 0 Å². The van der Waals surface area contributed by atoms with Crippen molar-refractivity contribution in [1.82, 2.24) is 9.72 Å². The lowest BCUT2D eigenvalue weighted by Gasteiger charge is -2.21. The number of fused-ring (bicyclic) bond motifs is 1. The summed E-state index contributed by atoms with van der Waals surface area (Å²) in [5.74, 6) is -1.32. The summed E-state index contributed by atoms with van der Waals surface area (Å²) in [7, 11) is 0. The average Bonchev–Trinajstić information content (AvgIpc) is 3.07. The molecule has 0 unspecified atom stereocenters. The van der Waals surface area contributed by atoms with Crippen LogP contribution in [-0.2, 0) is 16.1 Å². The van der Waals surface area contributed by atoms with Gasteiger partial charge in [0.15, 0.2) is 0 Å². The van der Waals surface area contributed by atoms with Crippen LogP contribution in [0.25, 0.3) is 5.52 Å². The van der Waals surface area contributed by atoms with E-state index in [2.05, 4.69) is 11.4 Å². The molecule has 0 fully saturated rings. The molecular formula is C22H19Cl2N3O3. The number of nitrogens with zero attached hydrogens (tertiary/aromatic N) is 2. The van der Waals surface area contributed by atoms with Gasteiger partial charge in [-0.05, 0) is 36.2 Å². The van der Waals surface area contributed by atoms with Crippen LogP contribution >= 0.6 is 23.2 Å². The van der Waals surface area contributed by atoms with Crippen molar-refractivity contribution in [3.8, 4) is 6.07 Å². The topological polar surface area (TPSA) is 83.6 Å². The fourth-order valence-electron chi connectivity index (χ4n) is 3.04. The van der Waals surface area contributed by atoms with Crippen LogP contribution in [0.1, 0.15) is 35.3 Å². The third-order valence-corrected chi connectivity index (χ3v) is 5.17. The van der Waals surface area contributed by atoms with Crippen molar-refractivity contribution < 1.29 is 14.3 Å². The first-order valence-corrected chi connectivity index (χ1v) is 9.98. The van der Waals surface area contributed by atoms with Crippen LogP contribution in [-0.4, -0.2) is 22.3 Å². The molecule has 8 heteroatoms. The van der Waals surface area contributed by atoms with Gasteiger partial charge >= 0.3 is 5.97 Å². The fourth-order valence-corrected chi connectivity index (χ4v) is 3.54. The summed E-state index contributed by atoms with van der Waals surface area (Å²) in [6.07, 6.45) is 3.56. The highest BCUT2D eigenvalue weighted by atomic mass is 35.5. The van der Waals surface area contributed by atoms with Crippen LogP contribution in [0.5, 0.6) is 0 Å². The molecular weight excluding hydrogens is 425 g/mol. The highest BCUT2D eigenvalue weighted by Gasteiger charge is 2.27. The van der Waals surface area contributed by atoms with Gasteiger partial charge in [0, 0.05) is 23.0 Å². The Labute approximate surface area is 184 Å². The maximum Gasteiger partial charge on any atom is 0.329 e. The number of carbonyl (C=O) groups is 2. The molecule has 3 rings (SSSR count). The number of aromatic nitrogens is 1. The summed E-state index contributed by atoms with van der Waals surface area (Å²) in [5.41, 5.74) is 1.98. The van der Waals surface area contributed by atoms with E-state index in [0.29, 0.717) is 16.1 Å². The monoisotopic (exact) mass is 443 g/mol. The molecule has 0 radical (unpaired) electrons. The van der Waals surface area contributed by atoms with Gasteiger partial charge in [-0.15, -0.1) is 0 Å². The zero-order valence-corrected chi connectivity index (χ0v) is 17.9. The van der Waals surface area contributed by atoms with Crippen LogP contribution in [0, 0.1) is 17.2 Å². The van der Waals surface area contributed by atoms with Gasteiger partial charge in [0.1, 0.15) is 18.7 Å². The van der Waals surface area contributed by atoms with Crippen LogP contribution in [0.4, 0.5) is 0 Å². The van der Waals surface area contributed by atoms with Gasteiger partial charge in [-0.25, -0.2) is 4.79 Å². The number of benzene rings is 1. The third kappa shape index (κ3) is 4.59.